The molecule has 2 aromatic carbocycles. The highest BCUT2D eigenvalue weighted by molar-refractivity contribution is 7.92. The van der Waals surface area contributed by atoms with Crippen LogP contribution in [0, 0.1) is 0 Å². The summed E-state index contributed by atoms with van der Waals surface area (Å²) in [6.45, 7) is 0. The predicted octanol–water partition coefficient (Wildman–Crippen LogP) is 2.45. The molecule has 21 heavy (non-hydrogen) atoms. The van der Waals surface area contributed by atoms with Gasteiger partial charge in [-0.3, -0.25) is 4.72 Å². The molecule has 7 heteroatoms. The molecule has 0 bridgehead atoms. The highest BCUT2D eigenvalue weighted by Gasteiger charge is 2.09. The Labute approximate surface area is 121 Å². The molecule has 3 aromatic rings. The van der Waals surface area contributed by atoms with Crippen molar-refractivity contribution in [3.05, 3.63) is 42.5 Å². The number of nitrogens with zero attached hydrogens (tertiary/aromatic N) is 1. The van der Waals surface area contributed by atoms with E-state index in [1.165, 1.54) is 0 Å². The van der Waals surface area contributed by atoms with Crippen molar-refractivity contribution in [2.45, 2.75) is 0 Å². The van der Waals surface area contributed by atoms with Crippen molar-refractivity contribution in [2.75, 3.05) is 16.7 Å². The van der Waals surface area contributed by atoms with Gasteiger partial charge in [0.2, 0.25) is 15.9 Å². The molecular formula is C14H13N3O3S. The van der Waals surface area contributed by atoms with Crippen molar-refractivity contribution < 1.29 is 12.8 Å². The first-order chi connectivity index (χ1) is 9.90. The Morgan fingerprint density at radius 1 is 1.14 bits per heavy atom. The quantitative estimate of drug-likeness (QED) is 0.724. The minimum Gasteiger partial charge on any atom is -0.436 e. The third-order valence-corrected chi connectivity index (χ3v) is 3.45. The molecule has 0 saturated heterocycles. The highest BCUT2D eigenvalue weighted by Crippen LogP contribution is 2.26. The van der Waals surface area contributed by atoms with Crippen LogP contribution >= 0.6 is 0 Å². The third kappa shape index (κ3) is 2.97. The van der Waals surface area contributed by atoms with Crippen molar-refractivity contribution in [3.8, 4) is 11.5 Å². The van der Waals surface area contributed by atoms with Crippen LogP contribution in [0.5, 0.6) is 0 Å². The first-order valence-corrected chi connectivity index (χ1v) is 8.04. The molecule has 0 aliphatic heterocycles. The average Bonchev–Trinajstić information content (AvgIpc) is 2.80. The van der Waals surface area contributed by atoms with E-state index in [2.05, 4.69) is 9.71 Å². The summed E-state index contributed by atoms with van der Waals surface area (Å²) >= 11 is 0. The minimum atomic E-state index is -3.28. The number of benzene rings is 2. The van der Waals surface area contributed by atoms with Gasteiger partial charge in [-0.05, 0) is 36.4 Å². The van der Waals surface area contributed by atoms with Crippen LogP contribution < -0.4 is 10.5 Å². The molecule has 0 unspecified atom stereocenters. The van der Waals surface area contributed by atoms with Gasteiger partial charge in [0.05, 0.1) is 6.26 Å². The summed E-state index contributed by atoms with van der Waals surface area (Å²) in [5.41, 5.74) is 8.88. The Balaban J connectivity index is 1.95. The largest absolute Gasteiger partial charge is 0.436 e. The number of hydrogen-bond acceptors (Lipinski definition) is 5. The van der Waals surface area contributed by atoms with E-state index < -0.39 is 10.0 Å². The Morgan fingerprint density at radius 3 is 2.52 bits per heavy atom. The van der Waals surface area contributed by atoms with Gasteiger partial charge in [0.25, 0.3) is 0 Å². The van der Waals surface area contributed by atoms with E-state index in [4.69, 9.17) is 10.2 Å². The number of aromatic nitrogens is 1. The Bertz CT molecular complexity index is 899. The normalized spacial score (nSPS) is 11.7. The summed E-state index contributed by atoms with van der Waals surface area (Å²) in [6.07, 6.45) is 1.10. The molecule has 0 spiro atoms. The van der Waals surface area contributed by atoms with Gasteiger partial charge in [-0.15, -0.1) is 0 Å². The zero-order chi connectivity index (χ0) is 15.0. The molecular weight excluding hydrogens is 290 g/mol. The van der Waals surface area contributed by atoms with Gasteiger partial charge in [0, 0.05) is 23.0 Å². The second kappa shape index (κ2) is 4.78. The van der Waals surface area contributed by atoms with Crippen LogP contribution in [0.1, 0.15) is 0 Å². The third-order valence-electron chi connectivity index (χ3n) is 2.85. The van der Waals surface area contributed by atoms with Crippen LogP contribution in [0.25, 0.3) is 22.6 Å². The molecule has 0 fully saturated rings. The fraction of sp³-hybridized carbons (Fsp3) is 0.0714. The monoisotopic (exact) mass is 303 g/mol. The van der Waals surface area contributed by atoms with Crippen LogP contribution in [0.4, 0.5) is 11.4 Å². The molecule has 0 aliphatic carbocycles. The van der Waals surface area contributed by atoms with Crippen molar-refractivity contribution in [1.82, 2.24) is 4.98 Å². The molecule has 0 saturated carbocycles. The maximum Gasteiger partial charge on any atom is 0.229 e. The minimum absolute atomic E-state index is 0.460. The fourth-order valence-corrected chi connectivity index (χ4v) is 2.52. The van der Waals surface area contributed by atoms with Gasteiger partial charge >= 0.3 is 0 Å². The summed E-state index contributed by atoms with van der Waals surface area (Å²) in [7, 11) is -3.28. The molecule has 0 aliphatic rings. The van der Waals surface area contributed by atoms with Crippen molar-refractivity contribution in [3.63, 3.8) is 0 Å². The number of nitrogen functional groups attached to an aromatic ring is 1. The lowest BCUT2D eigenvalue weighted by atomic mass is 10.2. The lowest BCUT2D eigenvalue weighted by molar-refractivity contribution is 0.607. The molecule has 1 aromatic heterocycles. The maximum absolute atomic E-state index is 11.2. The first kappa shape index (κ1) is 13.4. The van der Waals surface area contributed by atoms with E-state index in [0.717, 1.165) is 17.3 Å². The van der Waals surface area contributed by atoms with E-state index in [-0.39, 0.29) is 0 Å². The Kier molecular flexibility index (Phi) is 3.06. The summed E-state index contributed by atoms with van der Waals surface area (Å²) in [6, 6.07) is 12.0. The SMILES string of the molecule is CS(=O)(=O)Nc1ccc(-c2nc3ccc(N)cc3o2)cc1. The fourth-order valence-electron chi connectivity index (χ4n) is 1.96. The van der Waals surface area contributed by atoms with Crippen LogP contribution in [-0.2, 0) is 10.0 Å². The maximum atomic E-state index is 11.2. The van der Waals surface area contributed by atoms with E-state index in [1.54, 1.807) is 42.5 Å². The molecule has 0 radical (unpaired) electrons. The molecule has 108 valence electrons. The highest BCUT2D eigenvalue weighted by atomic mass is 32.2. The van der Waals surface area contributed by atoms with Crippen molar-refractivity contribution in [1.29, 1.82) is 0 Å². The number of nitrogens with two attached hydrogens (primary N) is 1. The first-order valence-electron chi connectivity index (χ1n) is 6.15. The molecule has 3 N–H and O–H groups in total. The van der Waals surface area contributed by atoms with Gasteiger partial charge < -0.3 is 10.2 Å². The smallest absolute Gasteiger partial charge is 0.229 e. The van der Waals surface area contributed by atoms with Crippen molar-refractivity contribution >= 4 is 32.5 Å². The van der Waals surface area contributed by atoms with Gasteiger partial charge in [0.15, 0.2) is 5.58 Å². The predicted molar refractivity (Wildman–Crippen MR) is 82.3 cm³/mol. The average molecular weight is 303 g/mol. The van der Waals surface area contributed by atoms with Crippen LogP contribution in [-0.4, -0.2) is 19.7 Å². The molecule has 0 atom stereocenters. The molecule has 6 nitrogen and oxygen atoms in total. The van der Waals surface area contributed by atoms with Crippen LogP contribution in [0.3, 0.4) is 0 Å². The number of nitrogens with one attached hydrogen (secondary N) is 1. The van der Waals surface area contributed by atoms with E-state index in [1.807, 2.05) is 0 Å². The molecule has 3 rings (SSSR count). The number of anilines is 2. The van der Waals surface area contributed by atoms with Crippen LogP contribution in [0.2, 0.25) is 0 Å². The van der Waals surface area contributed by atoms with Gasteiger partial charge in [-0.25, -0.2) is 13.4 Å². The van der Waals surface area contributed by atoms with E-state index >= 15 is 0 Å². The Morgan fingerprint density at radius 2 is 1.86 bits per heavy atom. The standard InChI is InChI=1S/C14H13N3O3S/c1-21(18,19)17-11-5-2-9(3-6-11)14-16-12-7-4-10(15)8-13(12)20-14/h2-8,17H,15H2,1H3. The number of rotatable bonds is 3. The van der Waals surface area contributed by atoms with Crippen LogP contribution in [0.15, 0.2) is 46.9 Å². The summed E-state index contributed by atoms with van der Waals surface area (Å²) in [4.78, 5) is 4.37. The number of sulfonamides is 1. The van der Waals surface area contributed by atoms with Gasteiger partial charge in [-0.1, -0.05) is 0 Å². The van der Waals surface area contributed by atoms with Crippen molar-refractivity contribution in [2.24, 2.45) is 0 Å². The topological polar surface area (TPSA) is 98.2 Å². The molecule has 0 amide bonds. The summed E-state index contributed by atoms with van der Waals surface area (Å²) < 4.78 is 30.3. The number of fused-ring (bicyclic) bond motifs is 1. The van der Waals surface area contributed by atoms with E-state index in [0.29, 0.717) is 22.8 Å². The number of oxazole rings is 1. The second-order valence-corrected chi connectivity index (χ2v) is 6.45. The number of hydrogen-bond donors (Lipinski definition) is 2. The second-order valence-electron chi connectivity index (χ2n) is 4.70. The van der Waals surface area contributed by atoms with Gasteiger partial charge in [-0.2, -0.15) is 0 Å². The van der Waals surface area contributed by atoms with E-state index in [9.17, 15) is 8.42 Å². The zero-order valence-corrected chi connectivity index (χ0v) is 12.0. The lowest BCUT2D eigenvalue weighted by Crippen LogP contribution is -2.09. The zero-order valence-electron chi connectivity index (χ0n) is 11.2. The lowest BCUT2D eigenvalue weighted by Gasteiger charge is -2.03. The molecule has 1 heterocycles. The summed E-state index contributed by atoms with van der Waals surface area (Å²) in [5.74, 6) is 0.460. The summed E-state index contributed by atoms with van der Waals surface area (Å²) in [5, 5.41) is 0. The van der Waals surface area contributed by atoms with Gasteiger partial charge in [0.1, 0.15) is 5.52 Å². The Hall–Kier alpha value is -2.54.